The zero-order valence-corrected chi connectivity index (χ0v) is 10.3. The highest BCUT2D eigenvalue weighted by molar-refractivity contribution is 7.09. The Morgan fingerprint density at radius 3 is 3.00 bits per heavy atom. The second-order valence-electron chi connectivity index (χ2n) is 4.04. The summed E-state index contributed by atoms with van der Waals surface area (Å²) in [5.74, 6) is 1.21. The lowest BCUT2D eigenvalue weighted by molar-refractivity contribution is 0.356. The number of hydrogen-bond acceptors (Lipinski definition) is 5. The van der Waals surface area contributed by atoms with E-state index in [0.29, 0.717) is 18.1 Å². The monoisotopic (exact) mass is 237 g/mol. The Labute approximate surface area is 98.5 Å². The highest BCUT2D eigenvalue weighted by Crippen LogP contribution is 2.19. The molecule has 2 aromatic rings. The van der Waals surface area contributed by atoms with Crippen molar-refractivity contribution < 1.29 is 4.52 Å². The second kappa shape index (κ2) is 4.35. The minimum absolute atomic E-state index is 0.503. The van der Waals surface area contributed by atoms with Gasteiger partial charge in [-0.1, -0.05) is 18.1 Å². The van der Waals surface area contributed by atoms with Crippen molar-refractivity contribution in [2.75, 3.05) is 0 Å². The van der Waals surface area contributed by atoms with Crippen molar-refractivity contribution in [2.24, 2.45) is 5.73 Å². The summed E-state index contributed by atoms with van der Waals surface area (Å²) in [6.07, 6.45) is 1.47. The van der Waals surface area contributed by atoms with Crippen LogP contribution in [-0.2, 0) is 12.0 Å². The summed E-state index contributed by atoms with van der Waals surface area (Å²) >= 11 is 1.68. The lowest BCUT2D eigenvalue weighted by Gasteiger charge is -2.16. The summed E-state index contributed by atoms with van der Waals surface area (Å²) in [6.45, 7) is 3.92. The maximum atomic E-state index is 6.04. The molecular formula is C11H15N3OS. The first-order valence-corrected chi connectivity index (χ1v) is 6.14. The van der Waals surface area contributed by atoms with Gasteiger partial charge >= 0.3 is 0 Å². The largest absolute Gasteiger partial charge is 0.339 e. The minimum atomic E-state index is -0.503. The van der Waals surface area contributed by atoms with E-state index < -0.39 is 5.54 Å². The molecule has 0 spiro atoms. The topological polar surface area (TPSA) is 64.9 Å². The van der Waals surface area contributed by atoms with E-state index in [1.165, 1.54) is 4.88 Å². The lowest BCUT2D eigenvalue weighted by Crippen LogP contribution is -2.33. The van der Waals surface area contributed by atoms with Gasteiger partial charge in [-0.15, -0.1) is 11.3 Å². The normalized spacial score (nSPS) is 14.9. The molecule has 0 amide bonds. The first kappa shape index (κ1) is 11.3. The summed E-state index contributed by atoms with van der Waals surface area (Å²) in [4.78, 5) is 5.54. The molecule has 0 saturated carbocycles. The predicted octanol–water partition coefficient (Wildman–Crippen LogP) is 2.31. The van der Waals surface area contributed by atoms with Crippen molar-refractivity contribution >= 4 is 11.3 Å². The Morgan fingerprint density at radius 1 is 1.56 bits per heavy atom. The third kappa shape index (κ3) is 2.31. The van der Waals surface area contributed by atoms with E-state index in [-0.39, 0.29) is 0 Å². The predicted molar refractivity (Wildman–Crippen MR) is 63.3 cm³/mol. The molecule has 0 radical (unpaired) electrons. The van der Waals surface area contributed by atoms with Gasteiger partial charge in [0.1, 0.15) is 0 Å². The van der Waals surface area contributed by atoms with Crippen LogP contribution in [0.4, 0.5) is 0 Å². The third-order valence-corrected chi connectivity index (χ3v) is 3.50. The van der Waals surface area contributed by atoms with Gasteiger partial charge in [0.25, 0.3) is 0 Å². The molecule has 0 aliphatic heterocycles. The number of hydrogen-bond donors (Lipinski definition) is 1. The summed E-state index contributed by atoms with van der Waals surface area (Å²) in [6, 6.07) is 4.06. The van der Waals surface area contributed by atoms with Gasteiger partial charge in [-0.25, -0.2) is 0 Å². The van der Waals surface area contributed by atoms with Gasteiger partial charge in [0.15, 0.2) is 5.82 Å². The van der Waals surface area contributed by atoms with Gasteiger partial charge in [0, 0.05) is 4.88 Å². The van der Waals surface area contributed by atoms with Crippen molar-refractivity contribution in [3.05, 3.63) is 34.1 Å². The van der Waals surface area contributed by atoms with E-state index in [9.17, 15) is 0 Å². The lowest BCUT2D eigenvalue weighted by atomic mass is 10.0. The zero-order valence-electron chi connectivity index (χ0n) is 9.43. The Bertz CT molecular complexity index is 448. The van der Waals surface area contributed by atoms with E-state index in [4.69, 9.17) is 10.3 Å². The number of rotatable bonds is 4. The molecule has 0 aliphatic rings. The van der Waals surface area contributed by atoms with Crippen LogP contribution in [0.2, 0.25) is 0 Å². The molecule has 0 fully saturated rings. The van der Waals surface area contributed by atoms with Crippen LogP contribution in [-0.4, -0.2) is 10.1 Å². The number of aromatic nitrogens is 2. The summed E-state index contributed by atoms with van der Waals surface area (Å²) in [7, 11) is 0. The number of nitrogens with two attached hydrogens (primary N) is 1. The molecule has 1 atom stereocenters. The first-order chi connectivity index (χ1) is 7.62. The van der Waals surface area contributed by atoms with Crippen molar-refractivity contribution in [1.29, 1.82) is 0 Å². The molecule has 0 bridgehead atoms. The van der Waals surface area contributed by atoms with E-state index in [0.717, 1.165) is 6.42 Å². The summed E-state index contributed by atoms with van der Waals surface area (Å²) in [5, 5.41) is 5.97. The maximum Gasteiger partial charge on any atom is 0.231 e. The summed E-state index contributed by atoms with van der Waals surface area (Å²) < 4.78 is 5.19. The van der Waals surface area contributed by atoms with Crippen LogP contribution in [0.15, 0.2) is 22.0 Å². The minimum Gasteiger partial charge on any atom is -0.339 e. The number of nitrogens with zero attached hydrogens (tertiary/aromatic N) is 2. The molecule has 0 aliphatic carbocycles. The van der Waals surface area contributed by atoms with Crippen LogP contribution in [0, 0.1) is 0 Å². The van der Waals surface area contributed by atoms with Crippen molar-refractivity contribution in [3.8, 4) is 0 Å². The highest BCUT2D eigenvalue weighted by atomic mass is 32.1. The fraction of sp³-hybridized carbons (Fsp3) is 0.455. The number of thiophene rings is 1. The van der Waals surface area contributed by atoms with Gasteiger partial charge in [-0.3, -0.25) is 0 Å². The first-order valence-electron chi connectivity index (χ1n) is 5.26. The smallest absolute Gasteiger partial charge is 0.231 e. The van der Waals surface area contributed by atoms with Crippen LogP contribution in [0.3, 0.4) is 0 Å². The second-order valence-corrected chi connectivity index (χ2v) is 5.07. The van der Waals surface area contributed by atoms with E-state index in [1.807, 2.05) is 25.3 Å². The Balaban J connectivity index is 2.14. The standard InChI is InChI=1S/C11H15N3OS/c1-3-11(2,12)10-13-9(15-14-10)7-8-5-4-6-16-8/h4-6H,3,7,12H2,1-2H3. The molecule has 2 aromatic heterocycles. The summed E-state index contributed by atoms with van der Waals surface area (Å²) in [5.41, 5.74) is 5.54. The molecule has 2 N–H and O–H groups in total. The molecule has 0 aromatic carbocycles. The van der Waals surface area contributed by atoms with E-state index >= 15 is 0 Å². The maximum absolute atomic E-state index is 6.04. The fourth-order valence-corrected chi connectivity index (χ4v) is 1.97. The fourth-order valence-electron chi connectivity index (χ4n) is 1.28. The van der Waals surface area contributed by atoms with Crippen LogP contribution in [0.5, 0.6) is 0 Å². The molecule has 2 rings (SSSR count). The van der Waals surface area contributed by atoms with Gasteiger partial charge < -0.3 is 10.3 Å². The third-order valence-electron chi connectivity index (χ3n) is 2.62. The van der Waals surface area contributed by atoms with Crippen LogP contribution in [0.1, 0.15) is 36.9 Å². The van der Waals surface area contributed by atoms with Crippen LogP contribution in [0.25, 0.3) is 0 Å². The van der Waals surface area contributed by atoms with Gasteiger partial charge in [0.05, 0.1) is 12.0 Å². The zero-order chi connectivity index (χ0) is 11.6. The van der Waals surface area contributed by atoms with Gasteiger partial charge in [-0.05, 0) is 24.8 Å². The van der Waals surface area contributed by atoms with Crippen LogP contribution >= 0.6 is 11.3 Å². The van der Waals surface area contributed by atoms with Crippen molar-refractivity contribution in [3.63, 3.8) is 0 Å². The van der Waals surface area contributed by atoms with E-state index in [1.54, 1.807) is 11.3 Å². The van der Waals surface area contributed by atoms with Crippen LogP contribution < -0.4 is 5.73 Å². The van der Waals surface area contributed by atoms with Crippen molar-refractivity contribution in [2.45, 2.75) is 32.2 Å². The molecular weight excluding hydrogens is 222 g/mol. The molecule has 4 nitrogen and oxygen atoms in total. The average Bonchev–Trinajstić information content (AvgIpc) is 2.89. The van der Waals surface area contributed by atoms with Crippen molar-refractivity contribution in [1.82, 2.24) is 10.1 Å². The Kier molecular flexibility index (Phi) is 3.07. The molecule has 86 valence electrons. The SMILES string of the molecule is CCC(C)(N)c1noc(Cc2cccs2)n1. The highest BCUT2D eigenvalue weighted by Gasteiger charge is 2.25. The molecule has 1 unspecified atom stereocenters. The Morgan fingerprint density at radius 2 is 2.38 bits per heavy atom. The quantitative estimate of drug-likeness (QED) is 0.886. The molecule has 5 heteroatoms. The van der Waals surface area contributed by atoms with E-state index in [2.05, 4.69) is 16.2 Å². The Hall–Kier alpha value is -1.20. The van der Waals surface area contributed by atoms with Gasteiger partial charge in [-0.2, -0.15) is 4.98 Å². The van der Waals surface area contributed by atoms with Gasteiger partial charge in [0.2, 0.25) is 5.89 Å². The molecule has 0 saturated heterocycles. The molecule has 2 heterocycles. The molecule has 16 heavy (non-hydrogen) atoms. The average molecular weight is 237 g/mol.